The quantitative estimate of drug-likeness (QED) is 0.871. The maximum Gasteiger partial charge on any atom is 0.225 e. The van der Waals surface area contributed by atoms with E-state index in [2.05, 4.69) is 23.2 Å². The minimum absolute atomic E-state index is 0.0753. The number of aryl methyl sites for hydroxylation is 3. The van der Waals surface area contributed by atoms with Gasteiger partial charge in [-0.25, -0.2) is 0 Å². The molecule has 124 valence electrons. The van der Waals surface area contributed by atoms with Gasteiger partial charge in [0.1, 0.15) is 0 Å². The Bertz CT molecular complexity index is 702. The van der Waals surface area contributed by atoms with E-state index in [1.165, 1.54) is 0 Å². The molecule has 2 aromatic heterocycles. The average Bonchev–Trinajstić information content (AvgIpc) is 3.18. The van der Waals surface area contributed by atoms with Gasteiger partial charge in [-0.15, -0.1) is 0 Å². The lowest BCUT2D eigenvalue weighted by atomic mass is 10.1. The summed E-state index contributed by atoms with van der Waals surface area (Å²) in [5.41, 5.74) is 3.24. The lowest BCUT2D eigenvalue weighted by Gasteiger charge is -2.25. The van der Waals surface area contributed by atoms with Crippen molar-refractivity contribution < 1.29 is 4.79 Å². The normalized spacial score (nSPS) is 19.3. The highest BCUT2D eigenvalue weighted by atomic mass is 16.2. The van der Waals surface area contributed by atoms with Crippen LogP contribution in [0.3, 0.4) is 0 Å². The molecule has 23 heavy (non-hydrogen) atoms. The van der Waals surface area contributed by atoms with Crippen LogP contribution in [0.4, 0.5) is 0 Å². The zero-order chi connectivity index (χ0) is 16.6. The molecule has 0 aromatic carbocycles. The molecule has 0 radical (unpaired) electrons. The van der Waals surface area contributed by atoms with Gasteiger partial charge in [0, 0.05) is 37.5 Å². The summed E-state index contributed by atoms with van der Waals surface area (Å²) in [5, 5.41) is 8.75. The second-order valence-corrected chi connectivity index (χ2v) is 6.62. The van der Waals surface area contributed by atoms with Crippen molar-refractivity contribution in [3.8, 4) is 0 Å². The number of aromatic nitrogens is 4. The largest absolute Gasteiger partial charge is 0.335 e. The van der Waals surface area contributed by atoms with Gasteiger partial charge in [-0.2, -0.15) is 10.2 Å². The fraction of sp³-hybridized carbons (Fsp3) is 0.588. The molecule has 2 atom stereocenters. The van der Waals surface area contributed by atoms with E-state index in [9.17, 15) is 4.79 Å². The van der Waals surface area contributed by atoms with Crippen LogP contribution < -0.4 is 0 Å². The third-order valence-corrected chi connectivity index (χ3v) is 4.61. The summed E-state index contributed by atoms with van der Waals surface area (Å²) >= 11 is 0. The third-order valence-electron chi connectivity index (χ3n) is 4.61. The van der Waals surface area contributed by atoms with Gasteiger partial charge in [0.05, 0.1) is 24.0 Å². The third kappa shape index (κ3) is 3.16. The van der Waals surface area contributed by atoms with Gasteiger partial charge >= 0.3 is 0 Å². The highest BCUT2D eigenvalue weighted by Gasteiger charge is 2.31. The Morgan fingerprint density at radius 1 is 1.43 bits per heavy atom. The molecule has 1 aliphatic rings. The van der Waals surface area contributed by atoms with Crippen molar-refractivity contribution in [3.63, 3.8) is 0 Å². The zero-order valence-electron chi connectivity index (χ0n) is 14.4. The first kappa shape index (κ1) is 15.8. The summed E-state index contributed by atoms with van der Waals surface area (Å²) in [7, 11) is 1.91. The minimum atomic E-state index is 0.0753. The summed E-state index contributed by atoms with van der Waals surface area (Å²) in [6, 6.07) is 2.30. The second-order valence-electron chi connectivity index (χ2n) is 6.62. The predicted molar refractivity (Wildman–Crippen MR) is 87.9 cm³/mol. The molecule has 2 aromatic rings. The number of carbonyl (C=O) groups is 1. The molecule has 0 unspecified atom stereocenters. The number of hydrogen-bond donors (Lipinski definition) is 0. The molecule has 6 heteroatoms. The van der Waals surface area contributed by atoms with Crippen molar-refractivity contribution in [2.24, 2.45) is 7.05 Å². The number of carbonyl (C=O) groups excluding carboxylic acids is 1. The van der Waals surface area contributed by atoms with Gasteiger partial charge in [0.25, 0.3) is 0 Å². The summed E-state index contributed by atoms with van der Waals surface area (Å²) < 4.78 is 3.76. The van der Waals surface area contributed by atoms with E-state index >= 15 is 0 Å². The van der Waals surface area contributed by atoms with Crippen molar-refractivity contribution in [1.82, 2.24) is 24.5 Å². The zero-order valence-corrected chi connectivity index (χ0v) is 14.4. The Balaban J connectivity index is 1.71. The number of amides is 1. The van der Waals surface area contributed by atoms with Crippen LogP contribution in [0.5, 0.6) is 0 Å². The summed E-state index contributed by atoms with van der Waals surface area (Å²) in [5.74, 6) is 0.205. The summed E-state index contributed by atoms with van der Waals surface area (Å²) in [6.45, 7) is 6.92. The van der Waals surface area contributed by atoms with E-state index in [1.807, 2.05) is 42.9 Å². The van der Waals surface area contributed by atoms with Gasteiger partial charge < -0.3 is 4.90 Å². The average molecular weight is 315 g/mol. The van der Waals surface area contributed by atoms with Crippen molar-refractivity contribution in [2.75, 3.05) is 6.54 Å². The van der Waals surface area contributed by atoms with Crippen LogP contribution in [0.25, 0.3) is 0 Å². The van der Waals surface area contributed by atoms with Gasteiger partial charge in [0.2, 0.25) is 5.91 Å². The topological polar surface area (TPSA) is 56.0 Å². The number of likely N-dealkylation sites (tertiary alicyclic amines) is 1. The number of rotatable bonds is 4. The molecule has 0 saturated carbocycles. The summed E-state index contributed by atoms with van der Waals surface area (Å²) in [4.78, 5) is 14.8. The van der Waals surface area contributed by atoms with Crippen molar-refractivity contribution in [1.29, 1.82) is 0 Å². The van der Waals surface area contributed by atoms with Gasteiger partial charge in [-0.3, -0.25) is 14.2 Å². The lowest BCUT2D eigenvalue weighted by molar-refractivity contribution is -0.133. The smallest absolute Gasteiger partial charge is 0.225 e. The van der Waals surface area contributed by atoms with Crippen LogP contribution in [0.2, 0.25) is 0 Å². The van der Waals surface area contributed by atoms with Gasteiger partial charge in [0.15, 0.2) is 0 Å². The Hall–Kier alpha value is -2.11. The Morgan fingerprint density at radius 3 is 2.83 bits per heavy atom. The SMILES string of the molecule is Cc1cc(C)n([C@H](C)CC(=O)N2CCC[C@H]2c2cnn(C)c2)n1. The van der Waals surface area contributed by atoms with Crippen molar-refractivity contribution in [2.45, 2.75) is 52.1 Å². The first-order valence-electron chi connectivity index (χ1n) is 8.26. The molecule has 0 bridgehead atoms. The lowest BCUT2D eigenvalue weighted by Crippen LogP contribution is -2.32. The molecule has 1 saturated heterocycles. The standard InChI is InChI=1S/C17H25N5O/c1-12-8-13(2)22(19-12)14(3)9-17(23)21-7-5-6-16(21)15-10-18-20(4)11-15/h8,10-11,14,16H,5-7,9H2,1-4H3/t14-,16+/m1/s1. The molecule has 1 fully saturated rings. The van der Waals surface area contributed by atoms with Crippen LogP contribution >= 0.6 is 0 Å². The monoisotopic (exact) mass is 315 g/mol. The van der Waals surface area contributed by atoms with Crippen LogP contribution in [0.15, 0.2) is 18.5 Å². The van der Waals surface area contributed by atoms with Crippen molar-refractivity contribution in [3.05, 3.63) is 35.4 Å². The van der Waals surface area contributed by atoms with Crippen molar-refractivity contribution >= 4 is 5.91 Å². The predicted octanol–water partition coefficient (Wildman–Crippen LogP) is 2.55. The minimum Gasteiger partial charge on any atom is -0.335 e. The molecule has 1 aliphatic heterocycles. The molecular weight excluding hydrogens is 290 g/mol. The van der Waals surface area contributed by atoms with Crippen LogP contribution in [0.1, 0.15) is 55.2 Å². The Kier molecular flexibility index (Phi) is 4.24. The summed E-state index contributed by atoms with van der Waals surface area (Å²) in [6.07, 6.45) is 6.45. The fourth-order valence-corrected chi connectivity index (χ4v) is 3.57. The van der Waals surface area contributed by atoms with Gasteiger partial charge in [-0.1, -0.05) is 0 Å². The fourth-order valence-electron chi connectivity index (χ4n) is 3.57. The molecule has 0 spiro atoms. The van der Waals surface area contributed by atoms with E-state index < -0.39 is 0 Å². The highest BCUT2D eigenvalue weighted by Crippen LogP contribution is 2.32. The Labute approximate surface area is 137 Å². The van der Waals surface area contributed by atoms with E-state index in [4.69, 9.17) is 0 Å². The maximum atomic E-state index is 12.8. The van der Waals surface area contributed by atoms with Crippen LogP contribution in [-0.4, -0.2) is 36.9 Å². The molecule has 1 amide bonds. The van der Waals surface area contributed by atoms with Gasteiger partial charge in [-0.05, 0) is 39.7 Å². The van der Waals surface area contributed by atoms with E-state index in [0.717, 1.165) is 36.3 Å². The maximum absolute atomic E-state index is 12.8. The van der Waals surface area contributed by atoms with E-state index in [1.54, 1.807) is 4.68 Å². The molecular formula is C17H25N5O. The van der Waals surface area contributed by atoms with E-state index in [0.29, 0.717) is 6.42 Å². The van der Waals surface area contributed by atoms with Crippen LogP contribution in [-0.2, 0) is 11.8 Å². The molecule has 3 heterocycles. The molecule has 0 N–H and O–H groups in total. The molecule has 3 rings (SSSR count). The second kappa shape index (κ2) is 6.18. The highest BCUT2D eigenvalue weighted by molar-refractivity contribution is 5.77. The van der Waals surface area contributed by atoms with E-state index in [-0.39, 0.29) is 18.0 Å². The van der Waals surface area contributed by atoms with Crippen LogP contribution in [0, 0.1) is 13.8 Å². The Morgan fingerprint density at radius 2 is 2.22 bits per heavy atom. The first-order chi connectivity index (χ1) is 11.0. The number of hydrogen-bond acceptors (Lipinski definition) is 3. The molecule has 0 aliphatic carbocycles. The first-order valence-corrected chi connectivity index (χ1v) is 8.26. The number of nitrogens with zero attached hydrogens (tertiary/aromatic N) is 5. The molecule has 6 nitrogen and oxygen atoms in total.